The fraction of sp³-hybridized carbons (Fsp3) is 0.824. The van der Waals surface area contributed by atoms with Gasteiger partial charge in [0.05, 0.1) is 33.0 Å². The van der Waals surface area contributed by atoms with E-state index >= 15 is 0 Å². The number of carbonyl (C=O) groups is 3. The summed E-state index contributed by atoms with van der Waals surface area (Å²) in [6.45, 7) is 9.91. The molecule has 0 aromatic heterocycles. The van der Waals surface area contributed by atoms with Crippen LogP contribution in [0.4, 0.5) is 0 Å². The Bertz CT molecular complexity index is 437. The Labute approximate surface area is 144 Å². The fourth-order valence-corrected chi connectivity index (χ4v) is 2.39. The lowest BCUT2D eigenvalue weighted by Gasteiger charge is -2.16. The quantitative estimate of drug-likeness (QED) is 0.444. The number of hydrogen-bond donors (Lipinski definition) is 1. The number of nitrogens with zero attached hydrogens (tertiary/aromatic N) is 1. The van der Waals surface area contributed by atoms with Crippen molar-refractivity contribution >= 4 is 17.7 Å². The van der Waals surface area contributed by atoms with Gasteiger partial charge in [-0.3, -0.25) is 19.3 Å². The number of carbonyl (C=O) groups excluding carboxylic acids is 3. The molecule has 1 N–H and O–H groups in total. The maximum absolute atomic E-state index is 12.1. The van der Waals surface area contributed by atoms with Crippen LogP contribution in [0.3, 0.4) is 0 Å². The minimum atomic E-state index is -0.193. The van der Waals surface area contributed by atoms with Crippen LogP contribution in [0.2, 0.25) is 0 Å². The minimum Gasteiger partial charge on any atom is -0.377 e. The molecule has 1 rings (SSSR count). The van der Waals surface area contributed by atoms with Crippen molar-refractivity contribution in [3.63, 3.8) is 0 Å². The number of amides is 3. The van der Waals surface area contributed by atoms with Gasteiger partial charge in [0, 0.05) is 24.8 Å². The van der Waals surface area contributed by atoms with Gasteiger partial charge in [-0.25, -0.2) is 0 Å². The molecule has 3 amide bonds. The summed E-state index contributed by atoms with van der Waals surface area (Å²) in [4.78, 5) is 36.5. The third kappa shape index (κ3) is 6.57. The van der Waals surface area contributed by atoms with E-state index in [0.717, 1.165) is 0 Å². The molecule has 1 aliphatic rings. The molecule has 0 radical (unpaired) electrons. The summed E-state index contributed by atoms with van der Waals surface area (Å²) in [6.07, 6.45) is 0.307. The molecule has 0 aromatic carbocycles. The second-order valence-corrected chi connectivity index (χ2v) is 6.61. The molecule has 0 saturated carbocycles. The van der Waals surface area contributed by atoms with Crippen molar-refractivity contribution in [1.29, 1.82) is 0 Å². The zero-order chi connectivity index (χ0) is 18.1. The van der Waals surface area contributed by atoms with Gasteiger partial charge >= 0.3 is 0 Å². The highest BCUT2D eigenvalue weighted by Crippen LogP contribution is 2.25. The van der Waals surface area contributed by atoms with E-state index in [1.165, 1.54) is 4.90 Å². The first kappa shape index (κ1) is 20.6. The number of rotatable bonds is 11. The van der Waals surface area contributed by atoms with Crippen LogP contribution >= 0.6 is 0 Å². The van der Waals surface area contributed by atoms with Gasteiger partial charge < -0.3 is 14.8 Å². The summed E-state index contributed by atoms with van der Waals surface area (Å²) in [7, 11) is 0. The Morgan fingerprint density at radius 3 is 2.29 bits per heavy atom. The molecular formula is C17H30N2O5. The highest BCUT2D eigenvalue weighted by molar-refractivity contribution is 6.03. The molecule has 0 aromatic rings. The van der Waals surface area contributed by atoms with E-state index in [0.29, 0.717) is 45.9 Å². The molecule has 1 unspecified atom stereocenters. The standard InChI is InChI=1S/C17H30N2O5/c1-12(2)14-11-15(20)19(17(14)22)6-8-24-10-9-23-7-5-18-16(21)13(3)4/h12-14H,5-11H2,1-4H3,(H,18,21). The molecule has 1 heterocycles. The van der Waals surface area contributed by atoms with E-state index in [1.807, 2.05) is 27.7 Å². The van der Waals surface area contributed by atoms with Crippen LogP contribution in [-0.4, -0.2) is 62.1 Å². The van der Waals surface area contributed by atoms with Crippen LogP contribution in [-0.2, 0) is 23.9 Å². The minimum absolute atomic E-state index is 0.00880. The van der Waals surface area contributed by atoms with Gasteiger partial charge in [-0.05, 0) is 5.92 Å². The van der Waals surface area contributed by atoms with Gasteiger partial charge in [0.15, 0.2) is 0 Å². The lowest BCUT2D eigenvalue weighted by Crippen LogP contribution is -2.34. The van der Waals surface area contributed by atoms with Crippen molar-refractivity contribution < 1.29 is 23.9 Å². The van der Waals surface area contributed by atoms with Gasteiger partial charge in [-0.2, -0.15) is 0 Å². The summed E-state index contributed by atoms with van der Waals surface area (Å²) < 4.78 is 10.7. The van der Waals surface area contributed by atoms with Crippen molar-refractivity contribution in [2.24, 2.45) is 17.8 Å². The van der Waals surface area contributed by atoms with Crippen molar-refractivity contribution in [2.75, 3.05) is 39.5 Å². The lowest BCUT2D eigenvalue weighted by atomic mass is 9.94. The van der Waals surface area contributed by atoms with Gasteiger partial charge in [-0.15, -0.1) is 0 Å². The number of hydrogen-bond acceptors (Lipinski definition) is 5. The van der Waals surface area contributed by atoms with Crippen LogP contribution in [0, 0.1) is 17.8 Å². The first-order valence-electron chi connectivity index (χ1n) is 8.62. The highest BCUT2D eigenvalue weighted by atomic mass is 16.5. The van der Waals surface area contributed by atoms with E-state index < -0.39 is 0 Å². The van der Waals surface area contributed by atoms with E-state index in [1.54, 1.807) is 0 Å². The number of nitrogens with one attached hydrogen (secondary N) is 1. The average Bonchev–Trinajstić information content (AvgIpc) is 2.80. The molecule has 0 spiro atoms. The Hall–Kier alpha value is -1.47. The zero-order valence-corrected chi connectivity index (χ0v) is 15.2. The van der Waals surface area contributed by atoms with Crippen molar-refractivity contribution in [2.45, 2.75) is 34.1 Å². The van der Waals surface area contributed by atoms with Crippen LogP contribution < -0.4 is 5.32 Å². The topological polar surface area (TPSA) is 84.9 Å². The van der Waals surface area contributed by atoms with Crippen molar-refractivity contribution in [3.05, 3.63) is 0 Å². The molecule has 138 valence electrons. The van der Waals surface area contributed by atoms with Crippen LogP contribution in [0.15, 0.2) is 0 Å². The zero-order valence-electron chi connectivity index (χ0n) is 15.2. The third-order valence-corrected chi connectivity index (χ3v) is 3.98. The van der Waals surface area contributed by atoms with E-state index in [4.69, 9.17) is 9.47 Å². The number of likely N-dealkylation sites (tertiary alicyclic amines) is 1. The highest BCUT2D eigenvalue weighted by Gasteiger charge is 2.39. The third-order valence-electron chi connectivity index (χ3n) is 3.98. The Morgan fingerprint density at radius 2 is 1.75 bits per heavy atom. The average molecular weight is 342 g/mol. The first-order valence-corrected chi connectivity index (χ1v) is 8.62. The Morgan fingerprint density at radius 1 is 1.12 bits per heavy atom. The van der Waals surface area contributed by atoms with E-state index in [2.05, 4.69) is 5.32 Å². The molecule has 1 aliphatic heterocycles. The Kier molecular flexibility index (Phi) is 8.92. The predicted octanol–water partition coefficient (Wildman–Crippen LogP) is 0.823. The largest absolute Gasteiger partial charge is 0.377 e. The summed E-state index contributed by atoms with van der Waals surface area (Å²) >= 11 is 0. The Balaban J connectivity index is 2.04. The number of ether oxygens (including phenoxy) is 2. The van der Waals surface area contributed by atoms with Gasteiger partial charge in [-0.1, -0.05) is 27.7 Å². The summed E-state index contributed by atoms with van der Waals surface area (Å²) in [5.74, 6) is -0.233. The molecule has 7 heteroatoms. The molecule has 0 bridgehead atoms. The second-order valence-electron chi connectivity index (χ2n) is 6.61. The van der Waals surface area contributed by atoms with Crippen molar-refractivity contribution in [1.82, 2.24) is 10.2 Å². The summed E-state index contributed by atoms with van der Waals surface area (Å²) in [6, 6.07) is 0. The first-order chi connectivity index (χ1) is 11.3. The molecule has 1 saturated heterocycles. The van der Waals surface area contributed by atoms with Crippen molar-refractivity contribution in [3.8, 4) is 0 Å². The lowest BCUT2D eigenvalue weighted by molar-refractivity contribution is -0.140. The maximum Gasteiger partial charge on any atom is 0.233 e. The molecule has 1 fully saturated rings. The SMILES string of the molecule is CC(C)C(=O)NCCOCCOCCN1C(=O)CC(C(C)C)C1=O. The maximum atomic E-state index is 12.1. The van der Waals surface area contributed by atoms with E-state index in [9.17, 15) is 14.4 Å². The van der Waals surface area contributed by atoms with Crippen LogP contribution in [0.25, 0.3) is 0 Å². The smallest absolute Gasteiger partial charge is 0.233 e. The van der Waals surface area contributed by atoms with Gasteiger partial charge in [0.2, 0.25) is 17.7 Å². The second kappa shape index (κ2) is 10.4. The molecular weight excluding hydrogens is 312 g/mol. The predicted molar refractivity (Wildman–Crippen MR) is 89.2 cm³/mol. The van der Waals surface area contributed by atoms with Crippen LogP contribution in [0.5, 0.6) is 0 Å². The summed E-state index contributed by atoms with van der Waals surface area (Å²) in [5, 5.41) is 2.76. The molecule has 7 nitrogen and oxygen atoms in total. The van der Waals surface area contributed by atoms with E-state index in [-0.39, 0.29) is 35.5 Å². The van der Waals surface area contributed by atoms with Gasteiger partial charge in [0.1, 0.15) is 0 Å². The fourth-order valence-electron chi connectivity index (χ4n) is 2.39. The summed E-state index contributed by atoms with van der Waals surface area (Å²) in [5.41, 5.74) is 0. The van der Waals surface area contributed by atoms with Crippen LogP contribution in [0.1, 0.15) is 34.1 Å². The number of imide groups is 1. The monoisotopic (exact) mass is 342 g/mol. The molecule has 24 heavy (non-hydrogen) atoms. The molecule has 1 atom stereocenters. The molecule has 0 aliphatic carbocycles. The normalized spacial score (nSPS) is 18.1. The van der Waals surface area contributed by atoms with Gasteiger partial charge in [0.25, 0.3) is 0 Å².